The van der Waals surface area contributed by atoms with Crippen molar-refractivity contribution in [3.05, 3.63) is 34.9 Å². The Morgan fingerprint density at radius 3 is 2.95 bits per heavy atom. The number of carboxylic acids is 1. The third kappa shape index (κ3) is 4.22. The van der Waals surface area contributed by atoms with Gasteiger partial charge >= 0.3 is 5.97 Å². The van der Waals surface area contributed by atoms with Gasteiger partial charge in [-0.25, -0.2) is 4.79 Å². The van der Waals surface area contributed by atoms with Crippen LogP contribution in [0.1, 0.15) is 18.4 Å². The summed E-state index contributed by atoms with van der Waals surface area (Å²) in [5.74, 6) is -0.952. The van der Waals surface area contributed by atoms with Gasteiger partial charge < -0.3 is 14.9 Å². The second-order valence-corrected chi connectivity index (χ2v) is 6.06. The molecule has 1 aliphatic heterocycles. The predicted molar refractivity (Wildman–Crippen MR) is 87.0 cm³/mol. The molecule has 0 bridgehead atoms. The molecule has 0 amide bonds. The Balaban J connectivity index is 2.31. The number of hydrogen-bond acceptors (Lipinski definition) is 3. The highest BCUT2D eigenvalue weighted by molar-refractivity contribution is 6.30. The summed E-state index contributed by atoms with van der Waals surface area (Å²) in [4.78, 5) is 15.3. The lowest BCUT2D eigenvalue weighted by atomic mass is 10.1. The number of anilines is 1. The lowest BCUT2D eigenvalue weighted by molar-refractivity contribution is -0.131. The van der Waals surface area contributed by atoms with Crippen molar-refractivity contribution in [1.82, 2.24) is 4.90 Å². The van der Waals surface area contributed by atoms with E-state index in [1.165, 1.54) is 0 Å². The van der Waals surface area contributed by atoms with Crippen LogP contribution in [0.2, 0.25) is 5.02 Å². The molecule has 2 rings (SSSR count). The number of benzene rings is 1. The smallest absolute Gasteiger partial charge is 0.328 e. The normalized spacial score (nSPS) is 18.9. The molecule has 1 aromatic carbocycles. The van der Waals surface area contributed by atoms with Crippen molar-refractivity contribution in [3.8, 4) is 0 Å². The fraction of sp³-hybridized carbons (Fsp3) is 0.438. The van der Waals surface area contributed by atoms with Crippen molar-refractivity contribution in [2.45, 2.75) is 18.9 Å². The minimum Gasteiger partial charge on any atom is -0.478 e. The maximum Gasteiger partial charge on any atom is 0.328 e. The van der Waals surface area contributed by atoms with Crippen molar-refractivity contribution >= 4 is 29.3 Å². The molecule has 1 fully saturated rings. The van der Waals surface area contributed by atoms with E-state index in [1.807, 2.05) is 18.2 Å². The molecule has 1 atom stereocenters. The first kappa shape index (κ1) is 15.9. The molecule has 0 saturated carbocycles. The van der Waals surface area contributed by atoms with Crippen LogP contribution in [-0.4, -0.2) is 49.2 Å². The predicted octanol–water partition coefficient (Wildman–Crippen LogP) is 2.97. The average molecular weight is 309 g/mol. The van der Waals surface area contributed by atoms with Gasteiger partial charge in [0, 0.05) is 35.9 Å². The third-order valence-corrected chi connectivity index (χ3v) is 3.89. The number of nitrogens with zero attached hydrogens (tertiary/aromatic N) is 2. The Bertz CT molecular complexity index is 543. The van der Waals surface area contributed by atoms with Crippen LogP contribution in [0, 0.1) is 0 Å². The zero-order valence-electron chi connectivity index (χ0n) is 12.4. The summed E-state index contributed by atoms with van der Waals surface area (Å²) in [6.07, 6.45) is 5.09. The molecule has 0 spiro atoms. The molecule has 1 N–H and O–H groups in total. The van der Waals surface area contributed by atoms with E-state index in [-0.39, 0.29) is 0 Å². The summed E-state index contributed by atoms with van der Waals surface area (Å²) in [5, 5.41) is 9.45. The van der Waals surface area contributed by atoms with Gasteiger partial charge in [0.05, 0.1) is 0 Å². The number of likely N-dealkylation sites (N-methyl/N-ethyl adjacent to an activating group) is 1. The van der Waals surface area contributed by atoms with Gasteiger partial charge in [-0.2, -0.15) is 0 Å². The molecule has 1 saturated heterocycles. The van der Waals surface area contributed by atoms with Crippen molar-refractivity contribution in [3.63, 3.8) is 0 Å². The molecule has 1 aliphatic rings. The lowest BCUT2D eigenvalue weighted by Crippen LogP contribution is -2.37. The molecular formula is C16H21ClN2O2. The van der Waals surface area contributed by atoms with E-state index in [0.29, 0.717) is 11.1 Å². The Kier molecular flexibility index (Phi) is 5.26. The first-order valence-electron chi connectivity index (χ1n) is 7.09. The summed E-state index contributed by atoms with van der Waals surface area (Å²) in [6, 6.07) is 6.12. The van der Waals surface area contributed by atoms with Crippen molar-refractivity contribution in [1.29, 1.82) is 0 Å². The molecule has 4 nitrogen and oxygen atoms in total. The SMILES string of the molecule is CN(C)CC1CCCN1c1ccc(Cl)cc1/C=C/C(=O)O. The van der Waals surface area contributed by atoms with Gasteiger partial charge in [-0.15, -0.1) is 0 Å². The highest BCUT2D eigenvalue weighted by Crippen LogP contribution is 2.31. The van der Waals surface area contributed by atoms with E-state index in [9.17, 15) is 4.79 Å². The number of halogens is 1. The fourth-order valence-corrected chi connectivity index (χ4v) is 3.03. The molecule has 0 radical (unpaired) electrons. The van der Waals surface area contributed by atoms with Crippen molar-refractivity contribution in [2.24, 2.45) is 0 Å². The number of aliphatic carboxylic acids is 1. The number of hydrogen-bond donors (Lipinski definition) is 1. The Labute approximate surface area is 130 Å². The van der Waals surface area contributed by atoms with E-state index in [1.54, 1.807) is 6.08 Å². The fourth-order valence-electron chi connectivity index (χ4n) is 2.85. The Hall–Kier alpha value is -1.52. The van der Waals surface area contributed by atoms with Gasteiger partial charge in [-0.3, -0.25) is 0 Å². The van der Waals surface area contributed by atoms with Crippen LogP contribution < -0.4 is 4.90 Å². The first-order chi connectivity index (χ1) is 9.97. The summed E-state index contributed by atoms with van der Waals surface area (Å²) < 4.78 is 0. The summed E-state index contributed by atoms with van der Waals surface area (Å²) in [7, 11) is 4.15. The van der Waals surface area contributed by atoms with E-state index in [0.717, 1.165) is 43.3 Å². The molecule has 21 heavy (non-hydrogen) atoms. The van der Waals surface area contributed by atoms with Crippen LogP contribution in [0.15, 0.2) is 24.3 Å². The largest absolute Gasteiger partial charge is 0.478 e. The van der Waals surface area contributed by atoms with Gasteiger partial charge in [0.1, 0.15) is 0 Å². The van der Waals surface area contributed by atoms with E-state index < -0.39 is 5.97 Å². The van der Waals surface area contributed by atoms with Crippen LogP contribution in [0.5, 0.6) is 0 Å². The molecule has 0 aliphatic carbocycles. The number of carboxylic acid groups (broad SMARTS) is 1. The van der Waals surface area contributed by atoms with Crippen LogP contribution in [-0.2, 0) is 4.79 Å². The van der Waals surface area contributed by atoms with Crippen LogP contribution >= 0.6 is 11.6 Å². The van der Waals surface area contributed by atoms with Crippen molar-refractivity contribution in [2.75, 3.05) is 32.1 Å². The minimum atomic E-state index is -0.952. The number of rotatable bonds is 5. The summed E-state index contributed by atoms with van der Waals surface area (Å²) in [6.45, 7) is 1.98. The zero-order chi connectivity index (χ0) is 15.4. The van der Waals surface area contributed by atoms with Crippen LogP contribution in [0.4, 0.5) is 5.69 Å². The van der Waals surface area contributed by atoms with Crippen LogP contribution in [0.3, 0.4) is 0 Å². The summed E-state index contributed by atoms with van der Waals surface area (Å²) in [5.41, 5.74) is 1.91. The second kappa shape index (κ2) is 6.96. The number of carbonyl (C=O) groups is 1. The third-order valence-electron chi connectivity index (χ3n) is 3.66. The van der Waals surface area contributed by atoms with E-state index in [4.69, 9.17) is 16.7 Å². The van der Waals surface area contributed by atoms with Gasteiger partial charge in [0.15, 0.2) is 0 Å². The van der Waals surface area contributed by atoms with Gasteiger partial charge in [0.25, 0.3) is 0 Å². The highest BCUT2D eigenvalue weighted by atomic mass is 35.5. The molecule has 1 heterocycles. The molecule has 1 unspecified atom stereocenters. The quantitative estimate of drug-likeness (QED) is 0.849. The first-order valence-corrected chi connectivity index (χ1v) is 7.47. The maximum atomic E-state index is 10.8. The molecule has 5 heteroatoms. The average Bonchev–Trinajstić information content (AvgIpc) is 2.83. The standard InChI is InChI=1S/C16H21ClN2O2/c1-18(2)11-14-4-3-9-19(14)15-7-6-13(17)10-12(15)5-8-16(20)21/h5-8,10,14H,3-4,9,11H2,1-2H3,(H,20,21)/b8-5+. The van der Waals surface area contributed by atoms with Crippen LogP contribution in [0.25, 0.3) is 6.08 Å². The summed E-state index contributed by atoms with van der Waals surface area (Å²) >= 11 is 6.05. The van der Waals surface area contributed by atoms with E-state index in [2.05, 4.69) is 23.9 Å². The molecular weight excluding hydrogens is 288 g/mol. The lowest BCUT2D eigenvalue weighted by Gasteiger charge is -2.30. The monoisotopic (exact) mass is 308 g/mol. The zero-order valence-corrected chi connectivity index (χ0v) is 13.2. The Morgan fingerprint density at radius 2 is 2.29 bits per heavy atom. The van der Waals surface area contributed by atoms with Gasteiger partial charge in [-0.1, -0.05) is 11.6 Å². The Morgan fingerprint density at radius 1 is 1.52 bits per heavy atom. The molecule has 1 aromatic rings. The topological polar surface area (TPSA) is 43.8 Å². The minimum absolute atomic E-state index is 0.457. The molecule has 114 valence electrons. The maximum absolute atomic E-state index is 10.8. The molecule has 0 aromatic heterocycles. The van der Waals surface area contributed by atoms with Gasteiger partial charge in [0.2, 0.25) is 0 Å². The highest BCUT2D eigenvalue weighted by Gasteiger charge is 2.26. The van der Waals surface area contributed by atoms with Gasteiger partial charge in [-0.05, 0) is 56.8 Å². The van der Waals surface area contributed by atoms with E-state index >= 15 is 0 Å². The second-order valence-electron chi connectivity index (χ2n) is 5.63. The van der Waals surface area contributed by atoms with Crippen molar-refractivity contribution < 1.29 is 9.90 Å².